The quantitative estimate of drug-likeness (QED) is 0.837. The summed E-state index contributed by atoms with van der Waals surface area (Å²) in [6.45, 7) is 0.898. The largest absolute Gasteiger partial charge is 0.435 e. The summed E-state index contributed by atoms with van der Waals surface area (Å²) in [6.07, 6.45) is -2.02. The smallest absolute Gasteiger partial charge is 0.338 e. The van der Waals surface area contributed by atoms with Gasteiger partial charge in [0.15, 0.2) is 5.69 Å². The fourth-order valence-corrected chi connectivity index (χ4v) is 2.90. The molecule has 1 saturated heterocycles. The second-order valence-electron chi connectivity index (χ2n) is 5.89. The Bertz CT molecular complexity index is 797. The zero-order chi connectivity index (χ0) is 18.0. The first-order valence-electron chi connectivity index (χ1n) is 7.80. The van der Waals surface area contributed by atoms with Crippen molar-refractivity contribution in [2.45, 2.75) is 25.1 Å². The number of aromatic nitrogens is 2. The summed E-state index contributed by atoms with van der Waals surface area (Å²) in [7, 11) is 0. The highest BCUT2D eigenvalue weighted by Gasteiger charge is 2.34. The van der Waals surface area contributed by atoms with E-state index in [-0.39, 0.29) is 11.9 Å². The van der Waals surface area contributed by atoms with Crippen LogP contribution in [0, 0.1) is 11.3 Å². The van der Waals surface area contributed by atoms with E-state index in [1.807, 2.05) is 6.07 Å². The molecule has 0 radical (unpaired) electrons. The molecule has 0 spiro atoms. The van der Waals surface area contributed by atoms with Crippen LogP contribution in [0.4, 0.5) is 13.2 Å². The van der Waals surface area contributed by atoms with Crippen molar-refractivity contribution in [3.05, 3.63) is 53.3 Å². The normalized spacial score (nSPS) is 15.8. The van der Waals surface area contributed by atoms with Crippen molar-refractivity contribution in [2.24, 2.45) is 0 Å². The molecule has 2 aromatic rings. The van der Waals surface area contributed by atoms with Crippen LogP contribution in [0.5, 0.6) is 0 Å². The Morgan fingerprint density at radius 2 is 1.80 bits per heavy atom. The first kappa shape index (κ1) is 17.0. The SMILES string of the molecule is N#Cc1ccc(C(=O)N2CCC(n3ccc(C(F)(F)F)n3)CC2)cc1. The maximum absolute atomic E-state index is 12.6. The van der Waals surface area contributed by atoms with Crippen molar-refractivity contribution in [1.82, 2.24) is 14.7 Å². The van der Waals surface area contributed by atoms with E-state index < -0.39 is 11.9 Å². The van der Waals surface area contributed by atoms with Crippen LogP contribution < -0.4 is 0 Å². The first-order chi connectivity index (χ1) is 11.9. The van der Waals surface area contributed by atoms with Crippen molar-refractivity contribution in [3.8, 4) is 6.07 Å². The highest BCUT2D eigenvalue weighted by molar-refractivity contribution is 5.94. The minimum absolute atomic E-state index is 0.139. The van der Waals surface area contributed by atoms with Crippen molar-refractivity contribution in [2.75, 3.05) is 13.1 Å². The van der Waals surface area contributed by atoms with Gasteiger partial charge < -0.3 is 4.90 Å². The van der Waals surface area contributed by atoms with Crippen LogP contribution in [0.25, 0.3) is 0 Å². The van der Waals surface area contributed by atoms with Gasteiger partial charge >= 0.3 is 6.18 Å². The van der Waals surface area contributed by atoms with Gasteiger partial charge in [-0.15, -0.1) is 0 Å². The fourth-order valence-electron chi connectivity index (χ4n) is 2.90. The summed E-state index contributed by atoms with van der Waals surface area (Å²) in [5.74, 6) is -0.139. The van der Waals surface area contributed by atoms with E-state index in [0.29, 0.717) is 37.1 Å². The topological polar surface area (TPSA) is 61.9 Å². The second kappa shape index (κ2) is 6.59. The third-order valence-electron chi connectivity index (χ3n) is 4.29. The molecule has 2 heterocycles. The molecule has 0 atom stereocenters. The van der Waals surface area contributed by atoms with Gasteiger partial charge in [0.05, 0.1) is 17.7 Å². The molecule has 0 aliphatic carbocycles. The lowest BCUT2D eigenvalue weighted by Crippen LogP contribution is -2.39. The molecule has 0 N–H and O–H groups in total. The van der Waals surface area contributed by atoms with E-state index in [0.717, 1.165) is 6.07 Å². The number of halogens is 3. The molecule has 5 nitrogen and oxygen atoms in total. The lowest BCUT2D eigenvalue weighted by Gasteiger charge is -2.32. The lowest BCUT2D eigenvalue weighted by molar-refractivity contribution is -0.141. The minimum Gasteiger partial charge on any atom is -0.338 e. The molecule has 130 valence electrons. The van der Waals surface area contributed by atoms with Crippen LogP contribution in [0.2, 0.25) is 0 Å². The molecule has 25 heavy (non-hydrogen) atoms. The van der Waals surface area contributed by atoms with E-state index in [9.17, 15) is 18.0 Å². The van der Waals surface area contributed by atoms with Gasteiger partial charge in [-0.2, -0.15) is 23.5 Å². The molecule has 1 aliphatic rings. The van der Waals surface area contributed by atoms with Crippen LogP contribution in [0.3, 0.4) is 0 Å². The Kier molecular flexibility index (Phi) is 4.49. The predicted molar refractivity (Wildman–Crippen MR) is 82.6 cm³/mol. The number of hydrogen-bond acceptors (Lipinski definition) is 3. The molecule has 1 aromatic heterocycles. The van der Waals surface area contributed by atoms with Crippen LogP contribution in [-0.2, 0) is 6.18 Å². The zero-order valence-electron chi connectivity index (χ0n) is 13.2. The number of nitrogens with zero attached hydrogens (tertiary/aromatic N) is 4. The molecular formula is C17H15F3N4O. The van der Waals surface area contributed by atoms with E-state index in [2.05, 4.69) is 5.10 Å². The number of hydrogen-bond donors (Lipinski definition) is 0. The molecular weight excluding hydrogens is 333 g/mol. The summed E-state index contributed by atoms with van der Waals surface area (Å²) < 4.78 is 39.2. The average molecular weight is 348 g/mol. The van der Waals surface area contributed by atoms with Gasteiger partial charge in [-0.3, -0.25) is 9.48 Å². The number of carbonyl (C=O) groups excluding carboxylic acids is 1. The number of rotatable bonds is 2. The molecule has 1 fully saturated rings. The highest BCUT2D eigenvalue weighted by Crippen LogP contribution is 2.29. The van der Waals surface area contributed by atoms with Crippen molar-refractivity contribution in [3.63, 3.8) is 0 Å². The predicted octanol–water partition coefficient (Wildman–Crippen LogP) is 3.25. The van der Waals surface area contributed by atoms with E-state index in [1.54, 1.807) is 29.2 Å². The van der Waals surface area contributed by atoms with Gasteiger partial charge in [0, 0.05) is 24.8 Å². The van der Waals surface area contributed by atoms with Gasteiger partial charge in [0.2, 0.25) is 0 Å². The fraction of sp³-hybridized carbons (Fsp3) is 0.353. The molecule has 0 bridgehead atoms. The summed E-state index contributed by atoms with van der Waals surface area (Å²) >= 11 is 0. The average Bonchev–Trinajstić information content (AvgIpc) is 3.12. The van der Waals surface area contributed by atoms with Gasteiger partial charge in [-0.1, -0.05) is 0 Å². The number of piperidine rings is 1. The van der Waals surface area contributed by atoms with Gasteiger partial charge in [0.25, 0.3) is 5.91 Å². The summed E-state index contributed by atoms with van der Waals surface area (Å²) in [5.41, 5.74) is 0.0777. The maximum Gasteiger partial charge on any atom is 0.435 e. The molecule has 3 rings (SSSR count). The first-order valence-corrected chi connectivity index (χ1v) is 7.80. The molecule has 8 heteroatoms. The number of amides is 1. The number of alkyl halides is 3. The molecule has 1 aliphatic heterocycles. The number of nitriles is 1. The van der Waals surface area contributed by atoms with Crippen LogP contribution in [0.15, 0.2) is 36.5 Å². The maximum atomic E-state index is 12.6. The summed E-state index contributed by atoms with van der Waals surface area (Å²) in [5, 5.41) is 12.4. The van der Waals surface area contributed by atoms with E-state index in [1.165, 1.54) is 10.9 Å². The highest BCUT2D eigenvalue weighted by atomic mass is 19.4. The van der Waals surface area contributed by atoms with Crippen molar-refractivity contribution < 1.29 is 18.0 Å². The van der Waals surface area contributed by atoms with Crippen molar-refractivity contribution in [1.29, 1.82) is 5.26 Å². The van der Waals surface area contributed by atoms with Gasteiger partial charge in [-0.25, -0.2) is 0 Å². The standard InChI is InChI=1S/C17H15F3N4O/c18-17(19,20)15-7-10-24(22-15)14-5-8-23(9-6-14)16(25)13-3-1-12(11-21)2-4-13/h1-4,7,10,14H,5-6,8-9H2. The van der Waals surface area contributed by atoms with Crippen molar-refractivity contribution >= 4 is 5.91 Å². The Balaban J connectivity index is 1.62. The van der Waals surface area contributed by atoms with Gasteiger partial charge in [-0.05, 0) is 43.2 Å². The molecule has 0 unspecified atom stereocenters. The van der Waals surface area contributed by atoms with E-state index in [4.69, 9.17) is 5.26 Å². The Labute approximate surface area is 142 Å². The lowest BCUT2D eigenvalue weighted by atomic mass is 10.0. The number of likely N-dealkylation sites (tertiary alicyclic amines) is 1. The second-order valence-corrected chi connectivity index (χ2v) is 5.89. The van der Waals surface area contributed by atoms with Crippen LogP contribution >= 0.6 is 0 Å². The third kappa shape index (κ3) is 3.65. The van der Waals surface area contributed by atoms with Gasteiger partial charge in [0.1, 0.15) is 0 Å². The summed E-state index contributed by atoms with van der Waals surface area (Å²) in [4.78, 5) is 14.1. The zero-order valence-corrected chi connectivity index (χ0v) is 13.2. The Morgan fingerprint density at radius 3 is 2.32 bits per heavy atom. The molecule has 1 amide bonds. The number of benzene rings is 1. The molecule has 1 aromatic carbocycles. The third-order valence-corrected chi connectivity index (χ3v) is 4.29. The summed E-state index contributed by atoms with van der Waals surface area (Å²) in [6, 6.07) is 9.20. The molecule has 0 saturated carbocycles. The Morgan fingerprint density at radius 1 is 1.16 bits per heavy atom. The monoisotopic (exact) mass is 348 g/mol. The van der Waals surface area contributed by atoms with E-state index >= 15 is 0 Å². The Hall–Kier alpha value is -2.82. The van der Waals surface area contributed by atoms with Crippen LogP contribution in [0.1, 0.15) is 40.5 Å². The minimum atomic E-state index is -4.45. The number of carbonyl (C=O) groups is 1. The van der Waals surface area contributed by atoms with Crippen LogP contribution in [-0.4, -0.2) is 33.7 Å².